The molecule has 152 valence electrons. The van der Waals surface area contributed by atoms with Gasteiger partial charge in [0.05, 0.1) is 4.90 Å². The molecule has 0 radical (unpaired) electrons. The van der Waals surface area contributed by atoms with Gasteiger partial charge >= 0.3 is 0 Å². The van der Waals surface area contributed by atoms with E-state index in [-0.39, 0.29) is 17.4 Å². The van der Waals surface area contributed by atoms with Gasteiger partial charge in [-0.3, -0.25) is 9.89 Å². The first kappa shape index (κ1) is 20.6. The minimum atomic E-state index is -3.44. The van der Waals surface area contributed by atoms with Crippen LogP contribution in [0.4, 0.5) is 0 Å². The van der Waals surface area contributed by atoms with Gasteiger partial charge in [-0.25, -0.2) is 13.4 Å². The number of rotatable bonds is 9. The van der Waals surface area contributed by atoms with E-state index < -0.39 is 10.0 Å². The van der Waals surface area contributed by atoms with Crippen LogP contribution in [0.2, 0.25) is 0 Å². The minimum Gasteiger partial charge on any atom is -0.484 e. The van der Waals surface area contributed by atoms with Crippen LogP contribution in [-0.4, -0.2) is 65.8 Å². The van der Waals surface area contributed by atoms with Crippen LogP contribution < -0.4 is 10.1 Å². The molecule has 0 saturated carbocycles. The van der Waals surface area contributed by atoms with Crippen molar-refractivity contribution in [3.8, 4) is 5.75 Å². The Labute approximate surface area is 168 Å². The summed E-state index contributed by atoms with van der Waals surface area (Å²) in [6, 6.07) is 6.15. The van der Waals surface area contributed by atoms with Gasteiger partial charge in [-0.15, -0.1) is 5.10 Å². The zero-order valence-electron chi connectivity index (χ0n) is 15.6. The van der Waals surface area contributed by atoms with Gasteiger partial charge in [0.2, 0.25) is 15.2 Å². The normalized spacial score (nSPS) is 14.9. The number of H-pyrrole nitrogens is 1. The third-order valence-corrected chi connectivity index (χ3v) is 6.89. The van der Waals surface area contributed by atoms with Gasteiger partial charge in [0.25, 0.3) is 5.91 Å². The number of carbonyl (C=O) groups is 1. The maximum atomic E-state index is 12.5. The molecular formula is C17H23N5O4S2. The molecule has 3 rings (SSSR count). The van der Waals surface area contributed by atoms with Gasteiger partial charge in [0.15, 0.2) is 6.61 Å². The zero-order valence-corrected chi connectivity index (χ0v) is 17.2. The van der Waals surface area contributed by atoms with E-state index in [0.29, 0.717) is 36.3 Å². The van der Waals surface area contributed by atoms with Crippen LogP contribution in [0.5, 0.6) is 5.75 Å². The molecule has 2 heterocycles. The first-order valence-corrected chi connectivity index (χ1v) is 11.4. The summed E-state index contributed by atoms with van der Waals surface area (Å²) >= 11 is 1.44. The van der Waals surface area contributed by atoms with E-state index in [0.717, 1.165) is 18.7 Å². The Bertz CT molecular complexity index is 893. The number of carbonyl (C=O) groups excluding carboxylic acids is 1. The minimum absolute atomic E-state index is 0.136. The number of aromatic amines is 1. The average Bonchev–Trinajstić information content (AvgIpc) is 3.36. The Balaban J connectivity index is 1.40. The Kier molecular flexibility index (Phi) is 6.92. The number of aromatic nitrogens is 3. The van der Waals surface area contributed by atoms with Crippen molar-refractivity contribution in [3.63, 3.8) is 0 Å². The molecule has 28 heavy (non-hydrogen) atoms. The number of aryl methyl sites for hydroxylation is 1. The SMILES string of the molecule is Cc1nc(SCCNC(=O)COc2ccc(S(=O)(=O)N3CCCC3)cc2)n[nH]1. The summed E-state index contributed by atoms with van der Waals surface area (Å²) in [5.41, 5.74) is 0. The molecule has 2 aromatic rings. The molecule has 1 saturated heterocycles. The summed E-state index contributed by atoms with van der Waals surface area (Å²) in [4.78, 5) is 16.3. The molecule has 1 amide bonds. The molecule has 0 atom stereocenters. The second-order valence-corrected chi connectivity index (χ2v) is 9.27. The van der Waals surface area contributed by atoms with E-state index in [1.54, 1.807) is 12.1 Å². The molecule has 1 aliphatic rings. The van der Waals surface area contributed by atoms with Crippen molar-refractivity contribution in [3.05, 3.63) is 30.1 Å². The maximum Gasteiger partial charge on any atom is 0.257 e. The van der Waals surface area contributed by atoms with Crippen LogP contribution in [0.25, 0.3) is 0 Å². The summed E-state index contributed by atoms with van der Waals surface area (Å²) in [5, 5.41) is 10.2. The number of nitrogens with one attached hydrogen (secondary N) is 2. The fourth-order valence-corrected chi connectivity index (χ4v) is 4.92. The fourth-order valence-electron chi connectivity index (χ4n) is 2.70. The topological polar surface area (TPSA) is 117 Å². The highest BCUT2D eigenvalue weighted by Gasteiger charge is 2.26. The highest BCUT2D eigenvalue weighted by atomic mass is 32.2. The number of hydrogen-bond acceptors (Lipinski definition) is 7. The van der Waals surface area contributed by atoms with Crippen molar-refractivity contribution in [1.82, 2.24) is 24.8 Å². The smallest absolute Gasteiger partial charge is 0.257 e. The molecule has 0 bridgehead atoms. The van der Waals surface area contributed by atoms with Crippen molar-refractivity contribution in [2.24, 2.45) is 0 Å². The maximum absolute atomic E-state index is 12.5. The predicted molar refractivity (Wildman–Crippen MR) is 105 cm³/mol. The van der Waals surface area contributed by atoms with Crippen molar-refractivity contribution >= 4 is 27.7 Å². The van der Waals surface area contributed by atoms with E-state index in [2.05, 4.69) is 20.5 Å². The lowest BCUT2D eigenvalue weighted by Crippen LogP contribution is -2.30. The molecule has 0 unspecified atom stereocenters. The van der Waals surface area contributed by atoms with Crippen LogP contribution in [0.15, 0.2) is 34.3 Å². The van der Waals surface area contributed by atoms with Crippen LogP contribution in [-0.2, 0) is 14.8 Å². The molecule has 0 spiro atoms. The molecular weight excluding hydrogens is 402 g/mol. The van der Waals surface area contributed by atoms with Gasteiger partial charge in [0.1, 0.15) is 11.6 Å². The first-order valence-electron chi connectivity index (χ1n) is 8.97. The zero-order chi connectivity index (χ0) is 20.0. The molecule has 2 N–H and O–H groups in total. The lowest BCUT2D eigenvalue weighted by atomic mass is 10.3. The molecule has 1 aliphatic heterocycles. The van der Waals surface area contributed by atoms with Gasteiger partial charge in [0, 0.05) is 25.4 Å². The standard InChI is InChI=1S/C17H23N5O4S2/c1-13-19-17(21-20-13)27-11-8-18-16(23)12-26-14-4-6-15(7-5-14)28(24,25)22-9-2-3-10-22/h4-7H,2-3,8-12H2,1H3,(H,18,23)(H,19,20,21). The molecule has 0 aliphatic carbocycles. The lowest BCUT2D eigenvalue weighted by molar-refractivity contribution is -0.122. The van der Waals surface area contributed by atoms with Crippen LogP contribution >= 0.6 is 11.8 Å². The van der Waals surface area contributed by atoms with E-state index in [1.807, 2.05) is 6.92 Å². The highest BCUT2D eigenvalue weighted by molar-refractivity contribution is 7.99. The third-order valence-electron chi connectivity index (χ3n) is 4.13. The van der Waals surface area contributed by atoms with E-state index in [4.69, 9.17) is 4.74 Å². The average molecular weight is 426 g/mol. The summed E-state index contributed by atoms with van der Waals surface area (Å²) in [5.74, 6) is 1.59. The quantitative estimate of drug-likeness (QED) is 0.458. The lowest BCUT2D eigenvalue weighted by Gasteiger charge is -2.15. The molecule has 11 heteroatoms. The van der Waals surface area contributed by atoms with Crippen molar-refractivity contribution in [2.45, 2.75) is 29.8 Å². The molecule has 9 nitrogen and oxygen atoms in total. The number of benzene rings is 1. The Morgan fingerprint density at radius 2 is 2.00 bits per heavy atom. The number of hydrogen-bond donors (Lipinski definition) is 2. The second kappa shape index (κ2) is 9.39. The summed E-state index contributed by atoms with van der Waals surface area (Å²) in [7, 11) is -3.44. The Morgan fingerprint density at radius 3 is 2.64 bits per heavy atom. The number of ether oxygens (including phenoxy) is 1. The number of thioether (sulfide) groups is 1. The highest BCUT2D eigenvalue weighted by Crippen LogP contribution is 2.22. The number of amides is 1. The van der Waals surface area contributed by atoms with E-state index >= 15 is 0 Å². The van der Waals surface area contributed by atoms with E-state index in [1.165, 1.54) is 28.2 Å². The van der Waals surface area contributed by atoms with Crippen LogP contribution in [0.3, 0.4) is 0 Å². The van der Waals surface area contributed by atoms with Crippen LogP contribution in [0, 0.1) is 6.92 Å². The predicted octanol–water partition coefficient (Wildman–Crippen LogP) is 1.18. The monoisotopic (exact) mass is 425 g/mol. The van der Waals surface area contributed by atoms with Crippen molar-refractivity contribution in [2.75, 3.05) is 32.0 Å². The van der Waals surface area contributed by atoms with Gasteiger partial charge in [-0.1, -0.05) is 11.8 Å². The van der Waals surface area contributed by atoms with E-state index in [9.17, 15) is 13.2 Å². The third kappa shape index (κ3) is 5.46. The van der Waals surface area contributed by atoms with Crippen molar-refractivity contribution < 1.29 is 17.9 Å². The molecule has 1 aromatic heterocycles. The summed E-state index contributed by atoms with van der Waals surface area (Å²) in [6.45, 7) is 3.28. The van der Waals surface area contributed by atoms with Gasteiger partial charge < -0.3 is 10.1 Å². The first-order chi connectivity index (χ1) is 13.4. The summed E-state index contributed by atoms with van der Waals surface area (Å²) < 4.78 is 31.9. The Hall–Kier alpha value is -2.11. The Morgan fingerprint density at radius 1 is 1.29 bits per heavy atom. The van der Waals surface area contributed by atoms with Gasteiger partial charge in [-0.2, -0.15) is 4.31 Å². The molecule has 1 aromatic carbocycles. The van der Waals surface area contributed by atoms with Crippen molar-refractivity contribution in [1.29, 1.82) is 0 Å². The summed E-state index contributed by atoms with van der Waals surface area (Å²) in [6.07, 6.45) is 1.79. The number of sulfonamides is 1. The van der Waals surface area contributed by atoms with Gasteiger partial charge in [-0.05, 0) is 44.0 Å². The fraction of sp³-hybridized carbons (Fsp3) is 0.471. The molecule has 1 fully saturated rings. The largest absolute Gasteiger partial charge is 0.484 e. The van der Waals surface area contributed by atoms with Crippen LogP contribution in [0.1, 0.15) is 18.7 Å². The second-order valence-electron chi connectivity index (χ2n) is 6.27. The number of nitrogens with zero attached hydrogens (tertiary/aromatic N) is 3.